The molecule has 1 unspecified atom stereocenters. The Kier molecular flexibility index (Phi) is 7.76. The van der Waals surface area contributed by atoms with Crippen LogP contribution in [0.5, 0.6) is 0 Å². The highest BCUT2D eigenvalue weighted by atomic mass is 32.2. The van der Waals surface area contributed by atoms with E-state index in [1.54, 1.807) is 13.0 Å². The Morgan fingerprint density at radius 2 is 1.89 bits per heavy atom. The molecular formula is C28H33N3O4S. The molecule has 1 atom stereocenters. The van der Waals surface area contributed by atoms with Crippen LogP contribution in [0.25, 0.3) is 12.2 Å². The summed E-state index contributed by atoms with van der Waals surface area (Å²) in [5.74, 6) is -0.416. The zero-order chi connectivity index (χ0) is 25.9. The number of aryl methyl sites for hydroxylation is 4. The first-order valence-corrected chi connectivity index (χ1v) is 13.7. The van der Waals surface area contributed by atoms with Crippen LogP contribution in [0.4, 0.5) is 5.69 Å². The SMILES string of the molecule is CCc1ccc(NC(=O)C2CCCN(S(=O)(=O)c3c(C)noc3/C=C/c3cc(C)ccc3C)C2)cc1. The molecule has 0 aliphatic carbocycles. The molecule has 1 aliphatic rings. The molecule has 0 bridgehead atoms. The van der Waals surface area contributed by atoms with Gasteiger partial charge in [0.1, 0.15) is 5.69 Å². The van der Waals surface area contributed by atoms with Gasteiger partial charge in [0.05, 0.1) is 5.92 Å². The first-order chi connectivity index (χ1) is 17.2. The first-order valence-electron chi connectivity index (χ1n) is 12.3. The molecule has 190 valence electrons. The highest BCUT2D eigenvalue weighted by Gasteiger charge is 2.37. The van der Waals surface area contributed by atoms with Crippen LogP contribution >= 0.6 is 0 Å². The van der Waals surface area contributed by atoms with Gasteiger partial charge in [-0.25, -0.2) is 8.42 Å². The Morgan fingerprint density at radius 1 is 1.14 bits per heavy atom. The highest BCUT2D eigenvalue weighted by molar-refractivity contribution is 7.89. The number of benzene rings is 2. The van der Waals surface area contributed by atoms with Gasteiger partial charge in [-0.15, -0.1) is 0 Å². The van der Waals surface area contributed by atoms with Gasteiger partial charge in [0.15, 0.2) is 10.7 Å². The minimum Gasteiger partial charge on any atom is -0.355 e. The molecule has 7 nitrogen and oxygen atoms in total. The lowest BCUT2D eigenvalue weighted by Gasteiger charge is -2.31. The van der Waals surface area contributed by atoms with Crippen molar-refractivity contribution < 1.29 is 17.7 Å². The van der Waals surface area contributed by atoms with Crippen molar-refractivity contribution in [3.05, 3.63) is 76.2 Å². The van der Waals surface area contributed by atoms with Crippen LogP contribution in [-0.2, 0) is 21.2 Å². The maximum absolute atomic E-state index is 13.7. The molecule has 0 spiro atoms. The maximum atomic E-state index is 13.7. The van der Waals surface area contributed by atoms with Crippen molar-refractivity contribution in [2.45, 2.75) is 51.9 Å². The van der Waals surface area contributed by atoms with Crippen LogP contribution < -0.4 is 5.32 Å². The summed E-state index contributed by atoms with van der Waals surface area (Å²) < 4.78 is 34.2. The fourth-order valence-electron chi connectivity index (χ4n) is 4.48. The molecule has 1 amide bonds. The van der Waals surface area contributed by atoms with E-state index in [1.807, 2.05) is 62.4 Å². The predicted molar refractivity (Wildman–Crippen MR) is 142 cm³/mol. The Bertz CT molecular complexity index is 1370. The fourth-order valence-corrected chi connectivity index (χ4v) is 6.25. The number of aromatic nitrogens is 1. The van der Waals surface area contributed by atoms with Gasteiger partial charge in [0.2, 0.25) is 15.9 Å². The van der Waals surface area contributed by atoms with Crippen molar-refractivity contribution in [3.63, 3.8) is 0 Å². The number of nitrogens with one attached hydrogen (secondary N) is 1. The third kappa shape index (κ3) is 5.60. The zero-order valence-electron chi connectivity index (χ0n) is 21.2. The van der Waals surface area contributed by atoms with E-state index in [0.717, 1.165) is 23.1 Å². The molecule has 1 aromatic heterocycles. The Morgan fingerprint density at radius 3 is 2.61 bits per heavy atom. The summed E-state index contributed by atoms with van der Waals surface area (Å²) in [6.45, 7) is 8.18. The average Bonchev–Trinajstić information content (AvgIpc) is 3.26. The van der Waals surface area contributed by atoms with Crippen molar-refractivity contribution in [1.29, 1.82) is 0 Å². The van der Waals surface area contributed by atoms with Crippen LogP contribution in [0.3, 0.4) is 0 Å². The summed E-state index contributed by atoms with van der Waals surface area (Å²) >= 11 is 0. The molecule has 1 aliphatic heterocycles. The van der Waals surface area contributed by atoms with E-state index in [0.29, 0.717) is 30.8 Å². The van der Waals surface area contributed by atoms with E-state index >= 15 is 0 Å². The summed E-state index contributed by atoms with van der Waals surface area (Å²) in [4.78, 5) is 13.0. The number of anilines is 1. The predicted octanol–water partition coefficient (Wildman–Crippen LogP) is 5.37. The molecule has 8 heteroatoms. The molecule has 3 aromatic rings. The highest BCUT2D eigenvalue weighted by Crippen LogP contribution is 2.30. The number of amides is 1. The second-order valence-corrected chi connectivity index (χ2v) is 11.3. The Balaban J connectivity index is 1.53. The fraction of sp³-hybridized carbons (Fsp3) is 0.357. The molecule has 4 rings (SSSR count). The van der Waals surface area contributed by atoms with E-state index in [9.17, 15) is 13.2 Å². The number of hydrogen-bond donors (Lipinski definition) is 1. The van der Waals surface area contributed by atoms with Gasteiger partial charge in [-0.1, -0.05) is 54.1 Å². The first kappa shape index (κ1) is 25.9. The molecule has 36 heavy (non-hydrogen) atoms. The number of carbonyl (C=O) groups is 1. The number of piperidine rings is 1. The van der Waals surface area contributed by atoms with Gasteiger partial charge in [-0.2, -0.15) is 4.31 Å². The minimum atomic E-state index is -3.91. The minimum absolute atomic E-state index is 0.0558. The molecule has 2 heterocycles. The largest absolute Gasteiger partial charge is 0.355 e. The Hall–Kier alpha value is -3.23. The molecule has 1 fully saturated rings. The van der Waals surface area contributed by atoms with E-state index in [2.05, 4.69) is 17.4 Å². The zero-order valence-corrected chi connectivity index (χ0v) is 22.1. The summed E-state index contributed by atoms with van der Waals surface area (Å²) in [6, 6.07) is 13.8. The van der Waals surface area contributed by atoms with Crippen molar-refractivity contribution in [1.82, 2.24) is 9.46 Å². The third-order valence-corrected chi connectivity index (χ3v) is 8.69. The number of hydrogen-bond acceptors (Lipinski definition) is 5. The third-order valence-electron chi connectivity index (χ3n) is 6.66. The van der Waals surface area contributed by atoms with Crippen LogP contribution in [0.2, 0.25) is 0 Å². The number of sulfonamides is 1. The molecular weight excluding hydrogens is 474 g/mol. The molecule has 2 aromatic carbocycles. The lowest BCUT2D eigenvalue weighted by Crippen LogP contribution is -2.43. The van der Waals surface area contributed by atoms with Crippen molar-refractivity contribution >= 4 is 33.8 Å². The van der Waals surface area contributed by atoms with Crippen LogP contribution in [-0.4, -0.2) is 36.9 Å². The van der Waals surface area contributed by atoms with Gasteiger partial charge in [-0.05, 0) is 74.9 Å². The topological polar surface area (TPSA) is 92.5 Å². The summed E-state index contributed by atoms with van der Waals surface area (Å²) in [6.07, 6.45) is 5.66. The van der Waals surface area contributed by atoms with Gasteiger partial charge >= 0.3 is 0 Å². The van der Waals surface area contributed by atoms with E-state index in [4.69, 9.17) is 4.52 Å². The smallest absolute Gasteiger partial charge is 0.248 e. The number of rotatable bonds is 7. The monoisotopic (exact) mass is 507 g/mol. The van der Waals surface area contributed by atoms with Crippen LogP contribution in [0.15, 0.2) is 51.9 Å². The standard InChI is InChI=1S/C28H33N3O4S/c1-5-22-10-13-25(14-11-22)29-28(32)24-7-6-16-31(18-24)36(33,34)27-21(4)30-35-26(27)15-12-23-17-19(2)8-9-20(23)3/h8-15,17,24H,5-7,16,18H2,1-4H3,(H,29,32)/b15-12+. The summed E-state index contributed by atoms with van der Waals surface area (Å²) in [5.41, 5.74) is 5.38. The second kappa shape index (κ2) is 10.8. The van der Waals surface area contributed by atoms with E-state index < -0.39 is 15.9 Å². The number of nitrogens with zero attached hydrogens (tertiary/aromatic N) is 2. The second-order valence-electron chi connectivity index (χ2n) is 9.40. The van der Waals surface area contributed by atoms with Crippen LogP contribution in [0, 0.1) is 26.7 Å². The quantitative estimate of drug-likeness (QED) is 0.464. The van der Waals surface area contributed by atoms with E-state index in [-0.39, 0.29) is 23.1 Å². The molecule has 0 saturated carbocycles. The van der Waals surface area contributed by atoms with E-state index in [1.165, 1.54) is 9.87 Å². The summed E-state index contributed by atoms with van der Waals surface area (Å²) in [7, 11) is -3.91. The van der Waals surface area contributed by atoms with Gasteiger partial charge in [0.25, 0.3) is 0 Å². The summed E-state index contributed by atoms with van der Waals surface area (Å²) in [5, 5.41) is 6.88. The van der Waals surface area contributed by atoms with Crippen LogP contribution in [0.1, 0.15) is 53.5 Å². The van der Waals surface area contributed by atoms with Gasteiger partial charge in [0, 0.05) is 18.8 Å². The van der Waals surface area contributed by atoms with Gasteiger partial charge < -0.3 is 9.84 Å². The van der Waals surface area contributed by atoms with Crippen molar-refractivity contribution in [3.8, 4) is 0 Å². The lowest BCUT2D eigenvalue weighted by molar-refractivity contribution is -0.120. The molecule has 1 N–H and O–H groups in total. The van der Waals surface area contributed by atoms with Crippen molar-refractivity contribution in [2.24, 2.45) is 5.92 Å². The molecule has 1 saturated heterocycles. The van der Waals surface area contributed by atoms with Gasteiger partial charge in [-0.3, -0.25) is 4.79 Å². The normalized spacial score (nSPS) is 16.9. The lowest BCUT2D eigenvalue weighted by atomic mass is 9.98. The van der Waals surface area contributed by atoms with Crippen molar-refractivity contribution in [2.75, 3.05) is 18.4 Å². The maximum Gasteiger partial charge on any atom is 0.248 e. The Labute approximate surface area is 213 Å². The average molecular weight is 508 g/mol. The number of carbonyl (C=O) groups excluding carboxylic acids is 1. The molecule has 0 radical (unpaired) electrons.